The van der Waals surface area contributed by atoms with Crippen LogP contribution in [0, 0.1) is 0 Å². The molecule has 1 unspecified atom stereocenters. The van der Waals surface area contributed by atoms with E-state index in [0.29, 0.717) is 13.0 Å². The van der Waals surface area contributed by atoms with Crippen molar-refractivity contribution in [2.24, 2.45) is 0 Å². The molecule has 18 heavy (non-hydrogen) atoms. The summed E-state index contributed by atoms with van der Waals surface area (Å²) in [6.07, 6.45) is -2.26. The van der Waals surface area contributed by atoms with E-state index in [2.05, 4.69) is 16.6 Å². The second-order valence-electron chi connectivity index (χ2n) is 4.33. The molecular weight excluding hydrogens is 250 g/mol. The normalized spacial score (nSPS) is 13.9. The van der Waals surface area contributed by atoms with Crippen LogP contribution in [-0.4, -0.2) is 38.1 Å². The summed E-state index contributed by atoms with van der Waals surface area (Å²) in [5, 5.41) is 3.05. The highest BCUT2D eigenvalue weighted by Crippen LogP contribution is 2.22. The van der Waals surface area contributed by atoms with Crippen LogP contribution in [0.1, 0.15) is 26.7 Å². The molecular formula is C12H21F4NO. The van der Waals surface area contributed by atoms with Crippen LogP contribution in [0.4, 0.5) is 17.6 Å². The van der Waals surface area contributed by atoms with Gasteiger partial charge in [0.15, 0.2) is 0 Å². The minimum atomic E-state index is -4.08. The predicted molar refractivity (Wildman–Crippen MR) is 63.3 cm³/mol. The summed E-state index contributed by atoms with van der Waals surface area (Å²) in [6, 6.07) is -0.125. The van der Waals surface area contributed by atoms with Crippen LogP contribution in [0.5, 0.6) is 0 Å². The molecule has 0 aromatic carbocycles. The van der Waals surface area contributed by atoms with Crippen LogP contribution in [-0.2, 0) is 4.74 Å². The number of hydrogen-bond acceptors (Lipinski definition) is 2. The molecule has 0 heterocycles. The summed E-state index contributed by atoms with van der Waals surface area (Å²) in [7, 11) is 0. The molecule has 0 bridgehead atoms. The number of rotatable bonds is 10. The summed E-state index contributed by atoms with van der Waals surface area (Å²) in [5.41, 5.74) is 0.982. The Kier molecular flexibility index (Phi) is 8.18. The molecule has 0 aliphatic heterocycles. The van der Waals surface area contributed by atoms with Gasteiger partial charge in [-0.05, 0) is 26.3 Å². The van der Waals surface area contributed by atoms with Crippen molar-refractivity contribution in [1.29, 1.82) is 0 Å². The molecule has 108 valence electrons. The minimum absolute atomic E-state index is 0.0105. The molecule has 1 atom stereocenters. The van der Waals surface area contributed by atoms with Crippen LogP contribution >= 0.6 is 0 Å². The van der Waals surface area contributed by atoms with E-state index in [1.165, 1.54) is 0 Å². The zero-order valence-corrected chi connectivity index (χ0v) is 10.8. The molecule has 0 saturated carbocycles. The molecule has 0 saturated heterocycles. The third-order valence-electron chi connectivity index (χ3n) is 2.35. The largest absolute Gasteiger partial charge is 0.373 e. The van der Waals surface area contributed by atoms with Gasteiger partial charge in [-0.2, -0.15) is 8.78 Å². The summed E-state index contributed by atoms with van der Waals surface area (Å²) in [6.45, 7) is 6.89. The molecule has 6 heteroatoms. The van der Waals surface area contributed by atoms with Crippen LogP contribution in [0.25, 0.3) is 0 Å². The quantitative estimate of drug-likeness (QED) is 0.486. The van der Waals surface area contributed by atoms with Crippen LogP contribution in [0.2, 0.25) is 0 Å². The SMILES string of the molecule is C=C(C)CCC(COCC(F)(F)C(F)F)NCC. The Balaban J connectivity index is 3.99. The number of hydrogen-bond donors (Lipinski definition) is 1. The van der Waals surface area contributed by atoms with Crippen molar-refractivity contribution in [2.45, 2.75) is 45.1 Å². The zero-order valence-electron chi connectivity index (χ0n) is 10.8. The average molecular weight is 271 g/mol. The van der Waals surface area contributed by atoms with Gasteiger partial charge in [0.1, 0.15) is 6.61 Å². The fourth-order valence-corrected chi connectivity index (χ4v) is 1.35. The summed E-state index contributed by atoms with van der Waals surface area (Å²) < 4.78 is 53.6. The smallest absolute Gasteiger partial charge is 0.330 e. The van der Waals surface area contributed by atoms with Crippen LogP contribution in [0.3, 0.4) is 0 Å². The van der Waals surface area contributed by atoms with Gasteiger partial charge in [-0.25, -0.2) is 8.78 Å². The fraction of sp³-hybridized carbons (Fsp3) is 0.833. The summed E-state index contributed by atoms with van der Waals surface area (Å²) in [5.74, 6) is -4.08. The van der Waals surface area contributed by atoms with E-state index in [9.17, 15) is 17.6 Å². The van der Waals surface area contributed by atoms with Gasteiger partial charge in [-0.3, -0.25) is 0 Å². The highest BCUT2D eigenvalue weighted by atomic mass is 19.3. The highest BCUT2D eigenvalue weighted by molar-refractivity contribution is 4.89. The molecule has 2 nitrogen and oxygen atoms in total. The van der Waals surface area contributed by atoms with E-state index >= 15 is 0 Å². The number of nitrogens with one attached hydrogen (secondary N) is 1. The summed E-state index contributed by atoms with van der Waals surface area (Å²) in [4.78, 5) is 0. The van der Waals surface area contributed by atoms with Crippen LogP contribution < -0.4 is 5.32 Å². The van der Waals surface area contributed by atoms with Crippen molar-refractivity contribution in [3.05, 3.63) is 12.2 Å². The van der Waals surface area contributed by atoms with E-state index in [1.54, 1.807) is 0 Å². The van der Waals surface area contributed by atoms with Gasteiger partial charge >= 0.3 is 12.3 Å². The highest BCUT2D eigenvalue weighted by Gasteiger charge is 2.41. The lowest BCUT2D eigenvalue weighted by molar-refractivity contribution is -0.167. The number of alkyl halides is 4. The van der Waals surface area contributed by atoms with Crippen LogP contribution in [0.15, 0.2) is 12.2 Å². The van der Waals surface area contributed by atoms with Crippen molar-refractivity contribution in [1.82, 2.24) is 5.32 Å². The molecule has 1 N–H and O–H groups in total. The van der Waals surface area contributed by atoms with Gasteiger partial charge < -0.3 is 10.1 Å². The first-order valence-electron chi connectivity index (χ1n) is 5.91. The van der Waals surface area contributed by atoms with E-state index in [-0.39, 0.29) is 12.6 Å². The molecule has 0 aromatic rings. The molecule has 0 amide bonds. The monoisotopic (exact) mass is 271 g/mol. The lowest BCUT2D eigenvalue weighted by Crippen LogP contribution is -2.37. The van der Waals surface area contributed by atoms with Gasteiger partial charge in [-0.15, -0.1) is 6.58 Å². The van der Waals surface area contributed by atoms with Gasteiger partial charge in [-0.1, -0.05) is 12.5 Å². The number of likely N-dealkylation sites (N-methyl/N-ethyl adjacent to an activating group) is 1. The molecule has 0 radical (unpaired) electrons. The third-order valence-corrected chi connectivity index (χ3v) is 2.35. The Morgan fingerprint density at radius 2 is 2.00 bits per heavy atom. The minimum Gasteiger partial charge on any atom is -0.373 e. The first-order valence-corrected chi connectivity index (χ1v) is 5.91. The fourth-order valence-electron chi connectivity index (χ4n) is 1.35. The van der Waals surface area contributed by atoms with E-state index < -0.39 is 19.0 Å². The average Bonchev–Trinajstić information content (AvgIpc) is 2.25. The molecule has 0 aromatic heterocycles. The molecule has 0 aliphatic rings. The maximum Gasteiger partial charge on any atom is 0.330 e. The summed E-state index contributed by atoms with van der Waals surface area (Å²) >= 11 is 0. The first kappa shape index (κ1) is 17.4. The number of halogens is 4. The van der Waals surface area contributed by atoms with Crippen molar-refractivity contribution in [3.63, 3.8) is 0 Å². The maximum absolute atomic E-state index is 12.6. The Hall–Kier alpha value is -0.620. The molecule has 0 fully saturated rings. The Labute approximate surface area is 105 Å². The van der Waals surface area contributed by atoms with E-state index in [4.69, 9.17) is 0 Å². The molecule has 0 spiro atoms. The maximum atomic E-state index is 12.6. The van der Waals surface area contributed by atoms with Gasteiger partial charge in [0.2, 0.25) is 0 Å². The van der Waals surface area contributed by atoms with E-state index in [0.717, 1.165) is 12.0 Å². The van der Waals surface area contributed by atoms with Crippen molar-refractivity contribution >= 4 is 0 Å². The Morgan fingerprint density at radius 3 is 2.44 bits per heavy atom. The topological polar surface area (TPSA) is 21.3 Å². The Bertz CT molecular complexity index is 246. The second-order valence-corrected chi connectivity index (χ2v) is 4.33. The van der Waals surface area contributed by atoms with Crippen molar-refractivity contribution in [2.75, 3.05) is 19.8 Å². The van der Waals surface area contributed by atoms with Gasteiger partial charge in [0.05, 0.1) is 6.61 Å². The lowest BCUT2D eigenvalue weighted by atomic mass is 10.1. The van der Waals surface area contributed by atoms with E-state index in [1.807, 2.05) is 13.8 Å². The van der Waals surface area contributed by atoms with Crippen molar-refractivity contribution in [3.8, 4) is 0 Å². The number of ether oxygens (including phenoxy) is 1. The zero-order chi connectivity index (χ0) is 14.2. The predicted octanol–water partition coefficient (Wildman–Crippen LogP) is 3.24. The first-order chi connectivity index (χ1) is 8.29. The second kappa shape index (κ2) is 8.48. The third kappa shape index (κ3) is 7.66. The van der Waals surface area contributed by atoms with Gasteiger partial charge in [0, 0.05) is 6.04 Å². The molecule has 0 aliphatic carbocycles. The van der Waals surface area contributed by atoms with Crippen molar-refractivity contribution < 1.29 is 22.3 Å². The Morgan fingerprint density at radius 1 is 1.39 bits per heavy atom. The van der Waals surface area contributed by atoms with Gasteiger partial charge in [0.25, 0.3) is 0 Å². The number of allylic oxidation sites excluding steroid dienone is 1. The lowest BCUT2D eigenvalue weighted by Gasteiger charge is -2.20. The molecule has 0 rings (SSSR count). The standard InChI is InChI=1S/C12H21F4NO/c1-4-17-10(6-5-9(2)3)7-18-8-12(15,16)11(13)14/h10-11,17H,2,4-8H2,1,3H3.